The molecule has 0 aromatic carbocycles. The second-order valence-electron chi connectivity index (χ2n) is 2.17. The van der Waals surface area contributed by atoms with Crippen LogP contribution in [0.1, 0.15) is 42.0 Å². The molecule has 0 unspecified atom stereocenters. The van der Waals surface area contributed by atoms with Crippen LogP contribution in [0.2, 0.25) is 0 Å². The molecule has 0 amide bonds. The molecular weight excluding hydrogens is 100 g/mol. The van der Waals surface area contributed by atoms with Gasteiger partial charge in [-0.3, -0.25) is 0 Å². The monoisotopic (exact) mass is 120 g/mol. The Hall–Kier alpha value is -0.0400. The van der Waals surface area contributed by atoms with Gasteiger partial charge in [-0.25, -0.2) is 0 Å². The minimum atomic E-state index is -0.458. The Morgan fingerprint density at radius 3 is 1.38 bits per heavy atom. The Morgan fingerprint density at radius 1 is 1.25 bits per heavy atom. The number of hydrogen-bond donors (Lipinski definition) is 1. The van der Waals surface area contributed by atoms with Crippen LogP contribution in [-0.2, 0) is 0 Å². The van der Waals surface area contributed by atoms with Gasteiger partial charge in [0.15, 0.2) is 0 Å². The van der Waals surface area contributed by atoms with Crippen molar-refractivity contribution in [3.05, 3.63) is 0 Å². The maximum Gasteiger partial charge on any atom is 0.0589 e. The lowest BCUT2D eigenvalue weighted by Crippen LogP contribution is -2.15. The summed E-state index contributed by atoms with van der Waals surface area (Å²) in [6, 6.07) is 0. The smallest absolute Gasteiger partial charge is 0.0589 e. The molecule has 0 rings (SSSR count). The molecule has 0 bridgehead atoms. The molecule has 54 valence electrons. The lowest BCUT2D eigenvalue weighted by Gasteiger charge is -2.11. The van der Waals surface area contributed by atoms with Gasteiger partial charge in [-0.2, -0.15) is 0 Å². The third kappa shape index (κ3) is 16.7. The average Bonchev–Trinajstić information content (AvgIpc) is 1.35. The Bertz CT molecular complexity index is 34.1. The second kappa shape index (κ2) is 5.10. The van der Waals surface area contributed by atoms with E-state index in [0.29, 0.717) is 0 Å². The van der Waals surface area contributed by atoms with Gasteiger partial charge in [-0.05, 0) is 20.3 Å². The standard InChI is InChI=1S/C5H12O.2CH4/c1-4-5(2,3)6;;/h6H,4H2,1-3H3;2*1H4. The van der Waals surface area contributed by atoms with Crippen molar-refractivity contribution in [1.29, 1.82) is 0 Å². The molecular formula is C7H20O. The van der Waals surface area contributed by atoms with Crippen LogP contribution < -0.4 is 0 Å². The SMILES string of the molecule is C.C.CCC(C)(C)O. The Kier molecular flexibility index (Phi) is 10.00. The Balaban J connectivity index is -0.000000125. The van der Waals surface area contributed by atoms with Crippen LogP contribution in [0.5, 0.6) is 0 Å². The van der Waals surface area contributed by atoms with Gasteiger partial charge in [0.2, 0.25) is 0 Å². The van der Waals surface area contributed by atoms with Crippen LogP contribution in [0, 0.1) is 0 Å². The molecule has 0 spiro atoms. The third-order valence-electron chi connectivity index (χ3n) is 0.865. The molecule has 0 aromatic heterocycles. The van der Waals surface area contributed by atoms with E-state index < -0.39 is 5.60 Å². The lowest BCUT2D eigenvalue weighted by molar-refractivity contribution is 0.0765. The molecule has 0 saturated carbocycles. The van der Waals surface area contributed by atoms with E-state index >= 15 is 0 Å². The van der Waals surface area contributed by atoms with Crippen molar-refractivity contribution >= 4 is 0 Å². The molecule has 1 nitrogen and oxygen atoms in total. The van der Waals surface area contributed by atoms with Gasteiger partial charge < -0.3 is 5.11 Å². The molecule has 0 heterocycles. The number of aliphatic hydroxyl groups is 1. The first-order chi connectivity index (χ1) is 2.56. The molecule has 0 radical (unpaired) electrons. The van der Waals surface area contributed by atoms with Crippen molar-refractivity contribution in [3.63, 3.8) is 0 Å². The minimum Gasteiger partial charge on any atom is -0.390 e. The van der Waals surface area contributed by atoms with E-state index in [-0.39, 0.29) is 14.9 Å². The molecule has 0 saturated heterocycles. The number of rotatable bonds is 1. The summed E-state index contributed by atoms with van der Waals surface area (Å²) >= 11 is 0. The van der Waals surface area contributed by atoms with Crippen LogP contribution >= 0.6 is 0 Å². The van der Waals surface area contributed by atoms with Gasteiger partial charge in [0.25, 0.3) is 0 Å². The predicted molar refractivity (Wildman–Crippen MR) is 40.1 cm³/mol. The first kappa shape index (κ1) is 15.7. The van der Waals surface area contributed by atoms with Crippen LogP contribution in [0.3, 0.4) is 0 Å². The highest BCUT2D eigenvalue weighted by Gasteiger charge is 2.05. The zero-order valence-electron chi connectivity index (χ0n) is 4.65. The fourth-order valence-corrected chi connectivity index (χ4v) is 0. The van der Waals surface area contributed by atoms with Crippen LogP contribution in [0.25, 0.3) is 0 Å². The zero-order chi connectivity index (χ0) is 5.21. The van der Waals surface area contributed by atoms with Crippen molar-refractivity contribution in [2.75, 3.05) is 0 Å². The van der Waals surface area contributed by atoms with E-state index in [0.717, 1.165) is 6.42 Å². The van der Waals surface area contributed by atoms with E-state index in [4.69, 9.17) is 5.11 Å². The average molecular weight is 120 g/mol. The largest absolute Gasteiger partial charge is 0.390 e. The lowest BCUT2D eigenvalue weighted by atomic mass is 10.1. The molecule has 1 heteroatoms. The van der Waals surface area contributed by atoms with Crippen molar-refractivity contribution < 1.29 is 5.11 Å². The molecule has 0 atom stereocenters. The minimum absolute atomic E-state index is 0. The van der Waals surface area contributed by atoms with E-state index in [1.165, 1.54) is 0 Å². The van der Waals surface area contributed by atoms with Gasteiger partial charge in [0, 0.05) is 0 Å². The fourth-order valence-electron chi connectivity index (χ4n) is 0. The van der Waals surface area contributed by atoms with Crippen LogP contribution in [0.15, 0.2) is 0 Å². The van der Waals surface area contributed by atoms with Crippen LogP contribution in [-0.4, -0.2) is 10.7 Å². The summed E-state index contributed by atoms with van der Waals surface area (Å²) in [6.07, 6.45) is 0.826. The highest BCUT2D eigenvalue weighted by molar-refractivity contribution is 4.59. The molecule has 0 aliphatic rings. The molecule has 8 heavy (non-hydrogen) atoms. The van der Waals surface area contributed by atoms with Crippen molar-refractivity contribution in [3.8, 4) is 0 Å². The summed E-state index contributed by atoms with van der Waals surface area (Å²) in [7, 11) is 0. The highest BCUT2D eigenvalue weighted by atomic mass is 16.3. The Morgan fingerprint density at radius 2 is 1.38 bits per heavy atom. The van der Waals surface area contributed by atoms with Crippen molar-refractivity contribution in [1.82, 2.24) is 0 Å². The van der Waals surface area contributed by atoms with Gasteiger partial charge in [-0.15, -0.1) is 0 Å². The summed E-state index contributed by atoms with van der Waals surface area (Å²) in [4.78, 5) is 0. The fraction of sp³-hybridized carbons (Fsp3) is 1.00. The van der Waals surface area contributed by atoms with Crippen molar-refractivity contribution in [2.24, 2.45) is 0 Å². The molecule has 0 aromatic rings. The summed E-state index contributed by atoms with van der Waals surface area (Å²) in [5.41, 5.74) is -0.458. The van der Waals surface area contributed by atoms with Gasteiger partial charge in [-0.1, -0.05) is 21.8 Å². The number of hydrogen-bond acceptors (Lipinski definition) is 1. The van der Waals surface area contributed by atoms with Gasteiger partial charge in [0.05, 0.1) is 5.60 Å². The van der Waals surface area contributed by atoms with E-state index in [1.807, 2.05) is 6.92 Å². The van der Waals surface area contributed by atoms with Gasteiger partial charge >= 0.3 is 0 Å². The van der Waals surface area contributed by atoms with Crippen molar-refractivity contribution in [2.45, 2.75) is 47.6 Å². The summed E-state index contributed by atoms with van der Waals surface area (Å²) in [5, 5.41) is 8.83. The Labute approximate surface area is 53.7 Å². The third-order valence-corrected chi connectivity index (χ3v) is 0.865. The van der Waals surface area contributed by atoms with E-state index in [9.17, 15) is 0 Å². The quantitative estimate of drug-likeness (QED) is 0.563. The van der Waals surface area contributed by atoms with Gasteiger partial charge in [0.1, 0.15) is 0 Å². The maximum absolute atomic E-state index is 8.83. The van der Waals surface area contributed by atoms with Crippen LogP contribution in [0.4, 0.5) is 0 Å². The summed E-state index contributed by atoms with van der Waals surface area (Å²) < 4.78 is 0. The summed E-state index contributed by atoms with van der Waals surface area (Å²) in [5.74, 6) is 0. The molecule has 1 N–H and O–H groups in total. The van der Waals surface area contributed by atoms with E-state index in [2.05, 4.69) is 0 Å². The first-order valence-corrected chi connectivity index (χ1v) is 2.28. The highest BCUT2D eigenvalue weighted by Crippen LogP contribution is 2.03. The molecule has 0 aliphatic heterocycles. The normalized spacial score (nSPS) is 9.00. The summed E-state index contributed by atoms with van der Waals surface area (Å²) in [6.45, 7) is 5.56. The predicted octanol–water partition coefficient (Wildman–Crippen LogP) is 2.44. The second-order valence-corrected chi connectivity index (χ2v) is 2.17. The molecule has 0 aliphatic carbocycles. The topological polar surface area (TPSA) is 20.2 Å². The maximum atomic E-state index is 8.83. The molecule has 0 fully saturated rings. The first-order valence-electron chi connectivity index (χ1n) is 2.28. The zero-order valence-corrected chi connectivity index (χ0v) is 4.65. The van der Waals surface area contributed by atoms with E-state index in [1.54, 1.807) is 13.8 Å².